The van der Waals surface area contributed by atoms with Crippen LogP contribution < -0.4 is 0 Å². The van der Waals surface area contributed by atoms with E-state index in [1.165, 1.54) is 11.1 Å². The van der Waals surface area contributed by atoms with Crippen molar-refractivity contribution in [1.82, 2.24) is 0 Å². The number of likely N-dealkylation sites (N-methyl/N-ethyl adjacent to an activating group) is 1. The first-order valence-corrected chi connectivity index (χ1v) is 23.0. The molecule has 11 nitrogen and oxygen atoms in total. The van der Waals surface area contributed by atoms with Crippen LogP contribution in [0.25, 0.3) is 0 Å². The summed E-state index contributed by atoms with van der Waals surface area (Å²) in [5.41, 5.74) is 2.56. The fourth-order valence-corrected chi connectivity index (χ4v) is 6.38. The summed E-state index contributed by atoms with van der Waals surface area (Å²) in [4.78, 5) is 35.4. The molecule has 58 heavy (non-hydrogen) atoms. The van der Waals surface area contributed by atoms with Gasteiger partial charge >= 0.3 is 19.8 Å². The van der Waals surface area contributed by atoms with Crippen LogP contribution in [-0.4, -0.2) is 86.1 Å². The van der Waals surface area contributed by atoms with Crippen molar-refractivity contribution in [3.63, 3.8) is 0 Å². The topological polar surface area (TPSA) is 142 Å². The quantitative estimate of drug-likeness (QED) is 0.0172. The summed E-state index contributed by atoms with van der Waals surface area (Å²) >= 11 is 0. The lowest BCUT2D eigenvalue weighted by atomic mass is 10.0. The summed E-state index contributed by atoms with van der Waals surface area (Å²) in [6, 6.07) is 0. The van der Waals surface area contributed by atoms with E-state index in [1.54, 1.807) is 6.08 Å². The van der Waals surface area contributed by atoms with E-state index in [4.69, 9.17) is 22.9 Å². The minimum Gasteiger partial charge on any atom is -0.466 e. The minimum atomic E-state index is -4.41. The van der Waals surface area contributed by atoms with E-state index in [0.717, 1.165) is 82.1 Å². The molecule has 0 spiro atoms. The lowest BCUT2D eigenvalue weighted by Gasteiger charge is -2.24. The second kappa shape index (κ2) is 31.8. The highest BCUT2D eigenvalue weighted by Crippen LogP contribution is 2.43. The number of aliphatic hydroxyl groups is 1. The molecule has 330 valence electrons. The zero-order valence-electron chi connectivity index (χ0n) is 36.8. The van der Waals surface area contributed by atoms with Gasteiger partial charge in [-0.3, -0.25) is 18.6 Å². The maximum atomic E-state index is 12.7. The van der Waals surface area contributed by atoms with Gasteiger partial charge in [-0.05, 0) is 82.8 Å². The molecule has 1 aromatic heterocycles. The molecule has 1 aromatic rings. The fraction of sp³-hybridized carbons (Fsp3) is 0.652. The number of phosphoric acid groups is 1. The Balaban J connectivity index is 2.42. The van der Waals surface area contributed by atoms with Crippen LogP contribution in [0.15, 0.2) is 65.2 Å². The molecule has 3 atom stereocenters. The second-order valence-electron chi connectivity index (χ2n) is 15.8. The number of hydrogen-bond donors (Lipinski definition) is 2. The Bertz CT molecular complexity index is 1470. The van der Waals surface area contributed by atoms with E-state index in [2.05, 4.69) is 51.2 Å². The number of hydrogen-bond acceptors (Lipinski definition) is 9. The molecule has 0 bridgehead atoms. The number of ether oxygens (including phenoxy) is 2. The molecule has 0 saturated carbocycles. The van der Waals surface area contributed by atoms with Crippen molar-refractivity contribution in [2.75, 3.05) is 47.5 Å². The highest BCUT2D eigenvalue weighted by Gasteiger charge is 2.27. The average Bonchev–Trinajstić information content (AvgIpc) is 3.43. The normalized spacial score (nSPS) is 14.7. The predicted molar refractivity (Wildman–Crippen MR) is 233 cm³/mol. The first-order chi connectivity index (χ1) is 27.7. The van der Waals surface area contributed by atoms with Crippen LogP contribution in [-0.2, 0) is 45.5 Å². The molecule has 12 heteroatoms. The Kier molecular flexibility index (Phi) is 29.1. The number of esters is 2. The van der Waals surface area contributed by atoms with E-state index in [1.807, 2.05) is 52.4 Å². The first-order valence-electron chi connectivity index (χ1n) is 21.5. The Hall–Kier alpha value is -3.05. The third-order valence-electron chi connectivity index (χ3n) is 9.39. The van der Waals surface area contributed by atoms with Crippen molar-refractivity contribution >= 4 is 19.8 Å². The molecule has 0 aromatic carbocycles. The number of carbonyl (C=O) groups is 2. The van der Waals surface area contributed by atoms with E-state index >= 15 is 0 Å². The zero-order valence-corrected chi connectivity index (χ0v) is 37.7. The van der Waals surface area contributed by atoms with Crippen molar-refractivity contribution in [3.8, 4) is 0 Å². The predicted octanol–water partition coefficient (Wildman–Crippen LogP) is 10.3. The molecule has 0 aliphatic heterocycles. The van der Waals surface area contributed by atoms with Gasteiger partial charge in [0.15, 0.2) is 6.10 Å². The number of rotatable bonds is 34. The number of aliphatic hydroxyl groups excluding tert-OH is 1. The molecular weight excluding hydrogens is 757 g/mol. The van der Waals surface area contributed by atoms with Gasteiger partial charge in [0.05, 0.1) is 33.9 Å². The smallest absolute Gasteiger partial charge is 0.466 e. The summed E-state index contributed by atoms with van der Waals surface area (Å²) in [6.45, 7) is 8.14. The van der Waals surface area contributed by atoms with E-state index in [9.17, 15) is 24.2 Å². The second-order valence-corrected chi connectivity index (χ2v) is 17.2. The summed E-state index contributed by atoms with van der Waals surface area (Å²) < 4.78 is 40.3. The standard InChI is InChI=1S/C46H76NO10P/c1-8-30-43-39(3)40(4)44(57-43)32-27-23-20-21-25-29-34-46(50)56-42(38-55-58(51,52)54-36-35-47(5,6)7)37-53-45(49)33-28-24-19-17-15-13-11-10-12-14-16-18-22-26-31-41(48)9-2/h11-14,17-19,22,26,31,41-42,48H,8-10,15-16,20-21,23-25,27-30,32-38H2,1-7H3/p+1/b13-11-,14-12-,19-17-,22-18-,31-26+/t41-,42+/m0/s1. The summed E-state index contributed by atoms with van der Waals surface area (Å²) in [6.07, 6.45) is 32.3. The Morgan fingerprint density at radius 3 is 1.97 bits per heavy atom. The molecule has 1 rings (SSSR count). The Labute approximate surface area is 350 Å². The van der Waals surface area contributed by atoms with Crippen LogP contribution in [0.3, 0.4) is 0 Å². The number of unbranched alkanes of at least 4 members (excludes halogenated alkanes) is 6. The van der Waals surface area contributed by atoms with Gasteiger partial charge < -0.3 is 28.4 Å². The zero-order chi connectivity index (χ0) is 43.1. The Morgan fingerprint density at radius 1 is 0.741 bits per heavy atom. The van der Waals surface area contributed by atoms with Crippen LogP contribution in [0.2, 0.25) is 0 Å². The van der Waals surface area contributed by atoms with Gasteiger partial charge in [0.1, 0.15) is 31.3 Å². The molecule has 0 amide bonds. The maximum absolute atomic E-state index is 12.7. The van der Waals surface area contributed by atoms with Crippen molar-refractivity contribution in [2.45, 2.75) is 149 Å². The minimum absolute atomic E-state index is 0.00452. The van der Waals surface area contributed by atoms with Gasteiger partial charge in [-0.2, -0.15) is 0 Å². The highest BCUT2D eigenvalue weighted by atomic mass is 31.2. The largest absolute Gasteiger partial charge is 0.472 e. The van der Waals surface area contributed by atoms with Gasteiger partial charge in [-0.25, -0.2) is 4.57 Å². The van der Waals surface area contributed by atoms with E-state index in [0.29, 0.717) is 36.7 Å². The summed E-state index contributed by atoms with van der Waals surface area (Å²) in [5.74, 6) is 1.29. The van der Waals surface area contributed by atoms with Crippen LogP contribution >= 0.6 is 7.82 Å². The van der Waals surface area contributed by atoms with Gasteiger partial charge in [0, 0.05) is 25.7 Å². The molecule has 0 saturated heterocycles. The molecule has 0 fully saturated rings. The van der Waals surface area contributed by atoms with Crippen LogP contribution in [0, 0.1) is 13.8 Å². The number of nitrogens with zero attached hydrogens (tertiary/aromatic N) is 1. The molecule has 1 unspecified atom stereocenters. The van der Waals surface area contributed by atoms with Crippen LogP contribution in [0.5, 0.6) is 0 Å². The number of allylic oxidation sites excluding steroid dienone is 9. The first kappa shape index (κ1) is 53.0. The van der Waals surface area contributed by atoms with E-state index < -0.39 is 32.5 Å². The van der Waals surface area contributed by atoms with Gasteiger partial charge in [0.25, 0.3) is 0 Å². The third kappa shape index (κ3) is 28.4. The number of carbonyl (C=O) groups excluding carboxylic acids is 2. The average molecular weight is 835 g/mol. The molecule has 2 N–H and O–H groups in total. The lowest BCUT2D eigenvalue weighted by molar-refractivity contribution is -0.870. The Morgan fingerprint density at radius 2 is 1.33 bits per heavy atom. The van der Waals surface area contributed by atoms with Gasteiger partial charge in [0.2, 0.25) is 0 Å². The summed E-state index contributed by atoms with van der Waals surface area (Å²) in [5, 5.41) is 9.48. The number of quaternary nitrogens is 1. The molecular formula is C46H77NO10P+. The van der Waals surface area contributed by atoms with Crippen molar-refractivity contribution in [3.05, 3.63) is 83.4 Å². The third-order valence-corrected chi connectivity index (χ3v) is 10.4. The van der Waals surface area contributed by atoms with Gasteiger partial charge in [-0.15, -0.1) is 0 Å². The van der Waals surface area contributed by atoms with Crippen LogP contribution in [0.1, 0.15) is 133 Å². The van der Waals surface area contributed by atoms with Gasteiger partial charge in [-0.1, -0.05) is 100 Å². The SMILES string of the molecule is CCCc1oc(CCCCCCCCC(=O)O[C@H](COC(=O)CCC/C=C\C/C=C\C/C=C\C/C=C\C=C\[C@@H](O)CC)COP(=O)(O)OCC[N+](C)(C)C)c(C)c1C. The fourth-order valence-electron chi connectivity index (χ4n) is 5.63. The molecule has 0 aliphatic rings. The number of furan rings is 1. The molecule has 0 aliphatic carbocycles. The number of phosphoric ester groups is 1. The van der Waals surface area contributed by atoms with Crippen molar-refractivity contribution < 1.29 is 51.6 Å². The maximum Gasteiger partial charge on any atom is 0.472 e. The summed E-state index contributed by atoms with van der Waals surface area (Å²) in [7, 11) is 1.38. The molecule has 0 radical (unpaired) electrons. The van der Waals surface area contributed by atoms with Crippen molar-refractivity contribution in [2.24, 2.45) is 0 Å². The van der Waals surface area contributed by atoms with Crippen LogP contribution in [0.4, 0.5) is 0 Å². The van der Waals surface area contributed by atoms with E-state index in [-0.39, 0.29) is 32.2 Å². The monoisotopic (exact) mass is 835 g/mol. The van der Waals surface area contributed by atoms with Crippen molar-refractivity contribution in [1.29, 1.82) is 0 Å². The lowest BCUT2D eigenvalue weighted by Crippen LogP contribution is -2.37. The molecule has 1 heterocycles. The highest BCUT2D eigenvalue weighted by molar-refractivity contribution is 7.47. The number of aryl methyl sites for hydroxylation is 2.